The van der Waals surface area contributed by atoms with Gasteiger partial charge in [0.2, 0.25) is 5.91 Å². The number of benzene rings is 2. The molecule has 1 heterocycles. The van der Waals surface area contributed by atoms with Crippen LogP contribution in [0.15, 0.2) is 54.6 Å². The molecule has 4 N–H and O–H groups in total. The maximum Gasteiger partial charge on any atom is 0.240 e. The summed E-state index contributed by atoms with van der Waals surface area (Å²) in [7, 11) is 0. The Morgan fingerprint density at radius 2 is 1.91 bits per heavy atom. The number of nitriles is 1. The minimum atomic E-state index is -1.13. The van der Waals surface area contributed by atoms with Crippen molar-refractivity contribution in [1.82, 2.24) is 25.5 Å². The first-order chi connectivity index (χ1) is 16.8. The lowest BCUT2D eigenvalue weighted by Crippen LogP contribution is -2.50. The maximum atomic E-state index is 12.7. The number of aromatic nitrogens is 4. The van der Waals surface area contributed by atoms with Gasteiger partial charge in [0.25, 0.3) is 0 Å². The van der Waals surface area contributed by atoms with E-state index in [4.69, 9.17) is 15.2 Å². The van der Waals surface area contributed by atoms with Crippen molar-refractivity contribution >= 4 is 5.91 Å². The highest BCUT2D eigenvalue weighted by molar-refractivity contribution is 5.85. The van der Waals surface area contributed by atoms with E-state index in [1.807, 2.05) is 30.3 Å². The van der Waals surface area contributed by atoms with Gasteiger partial charge in [-0.2, -0.15) is 5.26 Å². The van der Waals surface area contributed by atoms with Gasteiger partial charge in [-0.25, -0.2) is 4.68 Å². The van der Waals surface area contributed by atoms with Crippen LogP contribution in [0.3, 0.4) is 0 Å². The van der Waals surface area contributed by atoms with Gasteiger partial charge in [0.1, 0.15) is 18.4 Å². The number of tetrazole rings is 1. The number of carbonyl (C=O) groups excluding carboxylic acids is 1. The van der Waals surface area contributed by atoms with Crippen molar-refractivity contribution in [2.45, 2.75) is 44.3 Å². The molecule has 3 rings (SSSR count). The molecule has 0 aliphatic carbocycles. The smallest absolute Gasteiger partial charge is 0.240 e. The summed E-state index contributed by atoms with van der Waals surface area (Å²) in [4.78, 5) is 12.7. The molecule has 0 spiro atoms. The van der Waals surface area contributed by atoms with Gasteiger partial charge in [-0.15, -0.1) is 5.10 Å². The average Bonchev–Trinajstić information content (AvgIpc) is 3.31. The normalized spacial score (nSPS) is 12.9. The maximum absolute atomic E-state index is 12.7. The molecule has 0 saturated carbocycles. The summed E-state index contributed by atoms with van der Waals surface area (Å²) in [5.74, 6) is 0.888. The standard InChI is InChI=1S/C24H29N7O4/c1-24(2,26)23(33)27-19(13-15-34-18-8-4-3-5-9-18)22-28-29-30-31(22)17(12-14-25)16-35-21-11-7-6-10-20(21)32/h3-11,17,19,32H,12-13,15-16,26H2,1-2H3,(H,27,33)/t17-,19-/m1/s1. The Morgan fingerprint density at radius 1 is 1.20 bits per heavy atom. The number of amides is 1. The third-order valence-electron chi connectivity index (χ3n) is 5.11. The molecule has 0 fully saturated rings. The number of nitrogens with zero attached hydrogens (tertiary/aromatic N) is 5. The summed E-state index contributed by atoms with van der Waals surface area (Å²) in [6.07, 6.45) is 0.381. The number of phenolic OH excluding ortho intramolecular Hbond substituents is 1. The van der Waals surface area contributed by atoms with E-state index < -0.39 is 17.6 Å². The lowest BCUT2D eigenvalue weighted by Gasteiger charge is -2.25. The average molecular weight is 480 g/mol. The molecule has 184 valence electrons. The second kappa shape index (κ2) is 11.8. The fourth-order valence-corrected chi connectivity index (χ4v) is 3.20. The molecule has 11 heteroatoms. The molecule has 0 bridgehead atoms. The summed E-state index contributed by atoms with van der Waals surface area (Å²) >= 11 is 0. The zero-order valence-corrected chi connectivity index (χ0v) is 19.7. The van der Waals surface area contributed by atoms with Crippen molar-refractivity contribution in [2.24, 2.45) is 5.73 Å². The quantitative estimate of drug-likeness (QED) is 0.354. The molecule has 0 unspecified atom stereocenters. The molecule has 1 aromatic heterocycles. The molecule has 2 aromatic carbocycles. The van der Waals surface area contributed by atoms with Crippen LogP contribution in [-0.4, -0.2) is 50.0 Å². The Labute approximate surface area is 203 Å². The molecule has 1 amide bonds. The van der Waals surface area contributed by atoms with Crippen LogP contribution in [0.1, 0.15) is 44.6 Å². The molecule has 0 radical (unpaired) electrons. The number of ether oxygens (including phenoxy) is 2. The molecule has 2 atom stereocenters. The largest absolute Gasteiger partial charge is 0.504 e. The summed E-state index contributed by atoms with van der Waals surface area (Å²) in [5.41, 5.74) is 4.86. The Kier molecular flexibility index (Phi) is 8.58. The van der Waals surface area contributed by atoms with E-state index in [0.29, 0.717) is 18.0 Å². The molecule has 35 heavy (non-hydrogen) atoms. The number of hydrogen-bond acceptors (Lipinski definition) is 9. The number of hydrogen-bond donors (Lipinski definition) is 3. The zero-order valence-electron chi connectivity index (χ0n) is 19.7. The Hall–Kier alpha value is -4.17. The lowest BCUT2D eigenvalue weighted by atomic mass is 10.0. The van der Waals surface area contributed by atoms with Crippen molar-refractivity contribution in [3.8, 4) is 23.3 Å². The van der Waals surface area contributed by atoms with Gasteiger partial charge in [-0.1, -0.05) is 30.3 Å². The monoisotopic (exact) mass is 479 g/mol. The van der Waals surface area contributed by atoms with Gasteiger partial charge in [-0.3, -0.25) is 4.79 Å². The van der Waals surface area contributed by atoms with Crippen LogP contribution < -0.4 is 20.5 Å². The summed E-state index contributed by atoms with van der Waals surface area (Å²) in [6, 6.07) is 16.7. The van der Waals surface area contributed by atoms with E-state index in [1.54, 1.807) is 32.0 Å². The zero-order chi connectivity index (χ0) is 25.3. The van der Waals surface area contributed by atoms with Gasteiger partial charge in [0.15, 0.2) is 17.3 Å². The topological polar surface area (TPSA) is 161 Å². The Morgan fingerprint density at radius 3 is 2.60 bits per heavy atom. The highest BCUT2D eigenvalue weighted by Gasteiger charge is 2.30. The Balaban J connectivity index is 1.81. The first kappa shape index (κ1) is 25.5. The van der Waals surface area contributed by atoms with Gasteiger partial charge in [0, 0.05) is 6.42 Å². The number of carbonyl (C=O) groups is 1. The first-order valence-corrected chi connectivity index (χ1v) is 11.1. The fourth-order valence-electron chi connectivity index (χ4n) is 3.20. The van der Waals surface area contributed by atoms with Crippen LogP contribution >= 0.6 is 0 Å². The van der Waals surface area contributed by atoms with E-state index in [2.05, 4.69) is 26.9 Å². The number of para-hydroxylation sites is 3. The van der Waals surface area contributed by atoms with Crippen molar-refractivity contribution in [3.63, 3.8) is 0 Å². The molecule has 0 saturated heterocycles. The minimum Gasteiger partial charge on any atom is -0.504 e. The van der Waals surface area contributed by atoms with Crippen LogP contribution in [0.2, 0.25) is 0 Å². The van der Waals surface area contributed by atoms with Crippen molar-refractivity contribution in [2.75, 3.05) is 13.2 Å². The van der Waals surface area contributed by atoms with Crippen LogP contribution in [-0.2, 0) is 4.79 Å². The molecular formula is C24H29N7O4. The second-order valence-corrected chi connectivity index (χ2v) is 8.47. The van der Waals surface area contributed by atoms with Crippen molar-refractivity contribution in [1.29, 1.82) is 5.26 Å². The lowest BCUT2D eigenvalue weighted by molar-refractivity contribution is -0.126. The van der Waals surface area contributed by atoms with Crippen molar-refractivity contribution in [3.05, 3.63) is 60.4 Å². The highest BCUT2D eigenvalue weighted by Crippen LogP contribution is 2.27. The second-order valence-electron chi connectivity index (χ2n) is 8.47. The van der Waals surface area contributed by atoms with E-state index in [9.17, 15) is 15.2 Å². The first-order valence-electron chi connectivity index (χ1n) is 11.1. The number of rotatable bonds is 12. The molecule has 0 aliphatic rings. The molecule has 3 aromatic rings. The van der Waals surface area contributed by atoms with Gasteiger partial charge in [-0.05, 0) is 48.5 Å². The predicted octanol–water partition coefficient (Wildman–Crippen LogP) is 2.28. The number of nitrogens with two attached hydrogens (primary N) is 1. The van der Waals surface area contributed by atoms with Crippen LogP contribution in [0.4, 0.5) is 0 Å². The number of phenols is 1. The minimum absolute atomic E-state index is 0.0199. The van der Waals surface area contributed by atoms with Crippen LogP contribution in [0.25, 0.3) is 0 Å². The summed E-state index contributed by atoms with van der Waals surface area (Å²) in [6.45, 7) is 3.49. The third kappa shape index (κ3) is 7.15. The highest BCUT2D eigenvalue weighted by atomic mass is 16.5. The van der Waals surface area contributed by atoms with Gasteiger partial charge >= 0.3 is 0 Å². The number of aromatic hydroxyl groups is 1. The van der Waals surface area contributed by atoms with E-state index in [-0.39, 0.29) is 37.0 Å². The van der Waals surface area contributed by atoms with Crippen LogP contribution in [0, 0.1) is 11.3 Å². The number of nitrogens with one attached hydrogen (secondary N) is 1. The summed E-state index contributed by atoms with van der Waals surface area (Å²) < 4.78 is 13.0. The van der Waals surface area contributed by atoms with Gasteiger partial charge < -0.3 is 25.6 Å². The van der Waals surface area contributed by atoms with Crippen LogP contribution in [0.5, 0.6) is 17.2 Å². The third-order valence-corrected chi connectivity index (χ3v) is 5.11. The molecule has 11 nitrogen and oxygen atoms in total. The fraction of sp³-hybridized carbons (Fsp3) is 0.375. The molecule has 0 aliphatic heterocycles. The van der Waals surface area contributed by atoms with Crippen molar-refractivity contribution < 1.29 is 19.4 Å². The predicted molar refractivity (Wildman–Crippen MR) is 126 cm³/mol. The van der Waals surface area contributed by atoms with Gasteiger partial charge in [0.05, 0.1) is 30.7 Å². The molecular weight excluding hydrogens is 450 g/mol. The SMILES string of the molecule is CC(C)(N)C(=O)N[C@H](CCOc1ccccc1)c1nnnn1[C@H](CC#N)COc1ccccc1O. The summed E-state index contributed by atoms with van der Waals surface area (Å²) in [5, 5.41) is 34.2. The Bertz CT molecular complexity index is 1140. The van der Waals surface area contributed by atoms with E-state index in [1.165, 1.54) is 10.7 Å². The van der Waals surface area contributed by atoms with E-state index >= 15 is 0 Å². The van der Waals surface area contributed by atoms with E-state index in [0.717, 1.165) is 0 Å².